The van der Waals surface area contributed by atoms with E-state index < -0.39 is 18.6 Å². The average molecular weight is 288 g/mol. The summed E-state index contributed by atoms with van der Waals surface area (Å²) in [4.78, 5) is 12.6. The largest absolute Gasteiger partial charge is 0.406 e. The van der Waals surface area contributed by atoms with Gasteiger partial charge in [0.25, 0.3) is 0 Å². The second-order valence-corrected chi connectivity index (χ2v) is 4.65. The van der Waals surface area contributed by atoms with Crippen molar-refractivity contribution < 1.29 is 18.0 Å². The molecule has 6 heteroatoms. The Morgan fingerprint density at radius 3 is 2.50 bits per heavy atom. The zero-order valence-corrected chi connectivity index (χ0v) is 11.4. The van der Waals surface area contributed by atoms with Gasteiger partial charge in [-0.3, -0.25) is 4.79 Å². The number of nitrogens with two attached hydrogens (primary N) is 1. The molecule has 2 N–H and O–H groups in total. The maximum absolute atomic E-state index is 12.4. The van der Waals surface area contributed by atoms with Gasteiger partial charge in [-0.2, -0.15) is 13.2 Å². The second kappa shape index (κ2) is 7.28. The van der Waals surface area contributed by atoms with Gasteiger partial charge in [-0.15, -0.1) is 0 Å². The molecule has 0 aliphatic heterocycles. The molecular formula is C14H19F3N2O. The Bertz CT molecular complexity index is 446. The number of aryl methyl sites for hydroxylation is 2. The highest BCUT2D eigenvalue weighted by molar-refractivity contribution is 5.76. The third-order valence-corrected chi connectivity index (χ3v) is 2.99. The Kier molecular flexibility index (Phi) is 6.01. The van der Waals surface area contributed by atoms with Gasteiger partial charge in [-0.25, -0.2) is 0 Å². The summed E-state index contributed by atoms with van der Waals surface area (Å²) < 4.78 is 37.1. The van der Waals surface area contributed by atoms with E-state index in [0.717, 1.165) is 16.0 Å². The van der Waals surface area contributed by atoms with Crippen LogP contribution in [-0.4, -0.2) is 36.6 Å². The monoisotopic (exact) mass is 288 g/mol. The van der Waals surface area contributed by atoms with Gasteiger partial charge in [-0.05, 0) is 24.5 Å². The molecule has 0 aliphatic carbocycles. The van der Waals surface area contributed by atoms with Gasteiger partial charge in [0, 0.05) is 19.5 Å². The van der Waals surface area contributed by atoms with Crippen LogP contribution in [0.5, 0.6) is 0 Å². The van der Waals surface area contributed by atoms with Crippen LogP contribution in [0, 0.1) is 6.92 Å². The summed E-state index contributed by atoms with van der Waals surface area (Å²) >= 11 is 0. The van der Waals surface area contributed by atoms with E-state index in [-0.39, 0.29) is 19.5 Å². The quantitative estimate of drug-likeness (QED) is 0.873. The van der Waals surface area contributed by atoms with Gasteiger partial charge in [0.1, 0.15) is 6.54 Å². The van der Waals surface area contributed by atoms with E-state index in [0.29, 0.717) is 6.42 Å². The molecule has 1 aromatic rings. The molecule has 0 bridgehead atoms. The fourth-order valence-corrected chi connectivity index (χ4v) is 1.95. The SMILES string of the molecule is Cc1ccccc1CCC(=O)N(CCN)CC(F)(F)F. The van der Waals surface area contributed by atoms with Crippen molar-refractivity contribution in [1.82, 2.24) is 4.90 Å². The Morgan fingerprint density at radius 1 is 1.30 bits per heavy atom. The van der Waals surface area contributed by atoms with Crippen molar-refractivity contribution in [2.75, 3.05) is 19.6 Å². The number of hydrogen-bond donors (Lipinski definition) is 1. The van der Waals surface area contributed by atoms with Crippen LogP contribution in [0.3, 0.4) is 0 Å². The smallest absolute Gasteiger partial charge is 0.332 e. The first-order valence-corrected chi connectivity index (χ1v) is 6.42. The van der Waals surface area contributed by atoms with Crippen molar-refractivity contribution in [2.24, 2.45) is 5.73 Å². The van der Waals surface area contributed by atoms with Crippen LogP contribution in [0.15, 0.2) is 24.3 Å². The van der Waals surface area contributed by atoms with Crippen molar-refractivity contribution in [3.8, 4) is 0 Å². The highest BCUT2D eigenvalue weighted by Gasteiger charge is 2.32. The van der Waals surface area contributed by atoms with E-state index in [9.17, 15) is 18.0 Å². The molecule has 1 rings (SSSR count). The van der Waals surface area contributed by atoms with E-state index in [1.807, 2.05) is 31.2 Å². The van der Waals surface area contributed by atoms with E-state index in [1.54, 1.807) is 0 Å². The van der Waals surface area contributed by atoms with Gasteiger partial charge < -0.3 is 10.6 Å². The Morgan fingerprint density at radius 2 is 1.95 bits per heavy atom. The zero-order valence-electron chi connectivity index (χ0n) is 11.4. The van der Waals surface area contributed by atoms with Crippen LogP contribution in [0.1, 0.15) is 17.5 Å². The third-order valence-electron chi connectivity index (χ3n) is 2.99. The number of alkyl halides is 3. The third kappa shape index (κ3) is 5.61. The van der Waals surface area contributed by atoms with Crippen LogP contribution < -0.4 is 5.73 Å². The topological polar surface area (TPSA) is 46.3 Å². The van der Waals surface area contributed by atoms with Crippen LogP contribution in [0.4, 0.5) is 13.2 Å². The van der Waals surface area contributed by atoms with Crippen molar-refractivity contribution in [3.63, 3.8) is 0 Å². The first-order valence-electron chi connectivity index (χ1n) is 6.42. The predicted octanol–water partition coefficient (Wildman–Crippen LogP) is 2.28. The summed E-state index contributed by atoms with van der Waals surface area (Å²) in [6.07, 6.45) is -3.90. The Labute approximate surface area is 116 Å². The number of benzene rings is 1. The minimum Gasteiger partial charge on any atom is -0.332 e. The molecule has 0 heterocycles. The van der Waals surface area contributed by atoms with E-state index in [4.69, 9.17) is 5.73 Å². The number of halogens is 3. The molecule has 20 heavy (non-hydrogen) atoms. The first kappa shape index (κ1) is 16.5. The van der Waals surface area contributed by atoms with Crippen molar-refractivity contribution in [2.45, 2.75) is 25.9 Å². The molecule has 1 aromatic carbocycles. The maximum Gasteiger partial charge on any atom is 0.406 e. The summed E-state index contributed by atoms with van der Waals surface area (Å²) in [7, 11) is 0. The summed E-state index contributed by atoms with van der Waals surface area (Å²) in [6, 6.07) is 7.51. The molecule has 1 amide bonds. The molecule has 0 fully saturated rings. The second-order valence-electron chi connectivity index (χ2n) is 4.65. The number of hydrogen-bond acceptors (Lipinski definition) is 2. The first-order chi connectivity index (χ1) is 9.33. The highest BCUT2D eigenvalue weighted by atomic mass is 19.4. The standard InChI is InChI=1S/C14H19F3N2O/c1-11-4-2-3-5-12(11)6-7-13(20)19(9-8-18)10-14(15,16)17/h2-5H,6-10,18H2,1H3. The number of carbonyl (C=O) groups excluding carboxylic acids is 1. The molecule has 0 saturated heterocycles. The van der Waals surface area contributed by atoms with E-state index in [1.165, 1.54) is 0 Å². The number of amides is 1. The lowest BCUT2D eigenvalue weighted by Crippen LogP contribution is -2.41. The lowest BCUT2D eigenvalue weighted by molar-refractivity contribution is -0.160. The Balaban J connectivity index is 2.60. The van der Waals surface area contributed by atoms with Gasteiger partial charge >= 0.3 is 6.18 Å². The molecule has 0 saturated carbocycles. The molecular weight excluding hydrogens is 269 g/mol. The van der Waals surface area contributed by atoms with Gasteiger partial charge in [0.05, 0.1) is 0 Å². The van der Waals surface area contributed by atoms with Gasteiger partial charge in [-0.1, -0.05) is 24.3 Å². The minimum absolute atomic E-state index is 0.0200. The number of carbonyl (C=O) groups is 1. The molecule has 0 spiro atoms. The highest BCUT2D eigenvalue weighted by Crippen LogP contribution is 2.17. The molecule has 0 atom stereocenters. The molecule has 0 unspecified atom stereocenters. The molecule has 0 aromatic heterocycles. The van der Waals surface area contributed by atoms with Crippen LogP contribution in [0.2, 0.25) is 0 Å². The molecule has 0 radical (unpaired) electrons. The Hall–Kier alpha value is -1.56. The summed E-state index contributed by atoms with van der Waals surface area (Å²) in [5.41, 5.74) is 7.26. The van der Waals surface area contributed by atoms with Crippen LogP contribution in [0.25, 0.3) is 0 Å². The fraction of sp³-hybridized carbons (Fsp3) is 0.500. The summed E-state index contributed by atoms with van der Waals surface area (Å²) in [5, 5.41) is 0. The summed E-state index contributed by atoms with van der Waals surface area (Å²) in [6.45, 7) is 0.613. The molecule has 3 nitrogen and oxygen atoms in total. The summed E-state index contributed by atoms with van der Waals surface area (Å²) in [5.74, 6) is -0.518. The van der Waals surface area contributed by atoms with Gasteiger partial charge in [0.15, 0.2) is 0 Å². The lowest BCUT2D eigenvalue weighted by atomic mass is 10.0. The van der Waals surface area contributed by atoms with Crippen LogP contribution in [-0.2, 0) is 11.2 Å². The predicted molar refractivity (Wildman–Crippen MR) is 71.2 cm³/mol. The number of nitrogens with zero attached hydrogens (tertiary/aromatic N) is 1. The van der Waals surface area contributed by atoms with Gasteiger partial charge in [0.2, 0.25) is 5.91 Å². The number of rotatable bonds is 6. The zero-order chi connectivity index (χ0) is 15.2. The van der Waals surface area contributed by atoms with Crippen molar-refractivity contribution >= 4 is 5.91 Å². The minimum atomic E-state index is -4.40. The molecule has 0 aliphatic rings. The van der Waals surface area contributed by atoms with E-state index >= 15 is 0 Å². The van der Waals surface area contributed by atoms with Crippen molar-refractivity contribution in [3.05, 3.63) is 35.4 Å². The maximum atomic E-state index is 12.4. The van der Waals surface area contributed by atoms with Crippen molar-refractivity contribution in [1.29, 1.82) is 0 Å². The van der Waals surface area contributed by atoms with E-state index in [2.05, 4.69) is 0 Å². The molecule has 112 valence electrons. The van der Waals surface area contributed by atoms with Crippen LogP contribution >= 0.6 is 0 Å². The lowest BCUT2D eigenvalue weighted by Gasteiger charge is -2.23. The fourth-order valence-electron chi connectivity index (χ4n) is 1.95. The average Bonchev–Trinajstić information content (AvgIpc) is 2.35. The normalized spacial score (nSPS) is 11.4.